The summed E-state index contributed by atoms with van der Waals surface area (Å²) in [5.74, 6) is -0.181. The SMILES string of the molecule is C1CCCCC1.N=Cc1ccccc1[O-].N=Cc1ccccc1[O-].[Cl-].[Fe+3]. The van der Waals surface area contributed by atoms with E-state index in [4.69, 9.17) is 10.8 Å². The van der Waals surface area contributed by atoms with Gasteiger partial charge in [0, 0.05) is 12.4 Å². The van der Waals surface area contributed by atoms with Crippen LogP contribution in [0.5, 0.6) is 11.5 Å². The first-order valence-electron chi connectivity index (χ1n) is 8.22. The molecule has 1 aliphatic carbocycles. The first-order chi connectivity index (χ1) is 11.7. The molecule has 0 unspecified atom stereocenters. The van der Waals surface area contributed by atoms with Crippen LogP contribution in [0.2, 0.25) is 0 Å². The fraction of sp³-hybridized carbons (Fsp3) is 0.300. The van der Waals surface area contributed by atoms with Gasteiger partial charge in [-0.2, -0.15) is 0 Å². The van der Waals surface area contributed by atoms with Gasteiger partial charge in [-0.15, -0.1) is 11.5 Å². The molecule has 1 aliphatic rings. The summed E-state index contributed by atoms with van der Waals surface area (Å²) in [5, 5.41) is 34.9. The summed E-state index contributed by atoms with van der Waals surface area (Å²) in [6.45, 7) is 0. The van der Waals surface area contributed by atoms with Crippen LogP contribution in [0, 0.1) is 10.8 Å². The zero-order valence-corrected chi connectivity index (χ0v) is 16.4. The molecule has 141 valence electrons. The third-order valence-electron chi connectivity index (χ3n) is 3.65. The smallest absolute Gasteiger partial charge is 1.00 e. The molecule has 0 atom stereocenters. The molecule has 0 spiro atoms. The molecular formula is C20H24ClFeN2O2. The molecule has 0 bridgehead atoms. The van der Waals surface area contributed by atoms with E-state index in [1.165, 1.54) is 50.7 Å². The Balaban J connectivity index is 0. The normalized spacial score (nSPS) is 11.7. The molecule has 6 heteroatoms. The van der Waals surface area contributed by atoms with Gasteiger partial charge in [-0.3, -0.25) is 0 Å². The van der Waals surface area contributed by atoms with Crippen LogP contribution in [0.25, 0.3) is 0 Å². The van der Waals surface area contributed by atoms with E-state index >= 15 is 0 Å². The molecule has 0 aromatic heterocycles. The number of nitrogens with one attached hydrogen (secondary N) is 2. The number of rotatable bonds is 2. The van der Waals surface area contributed by atoms with Crippen molar-refractivity contribution in [2.75, 3.05) is 0 Å². The van der Waals surface area contributed by atoms with Gasteiger partial charge in [0.05, 0.1) is 0 Å². The number of benzene rings is 2. The molecule has 3 rings (SSSR count). The van der Waals surface area contributed by atoms with Crippen molar-refractivity contribution in [3.63, 3.8) is 0 Å². The first-order valence-corrected chi connectivity index (χ1v) is 8.22. The molecule has 1 fully saturated rings. The Morgan fingerprint density at radius 2 is 0.885 bits per heavy atom. The van der Waals surface area contributed by atoms with Gasteiger partial charge in [-0.1, -0.05) is 87.1 Å². The number of hydrogen-bond donors (Lipinski definition) is 2. The maximum absolute atomic E-state index is 10.7. The topological polar surface area (TPSA) is 93.8 Å². The van der Waals surface area contributed by atoms with Gasteiger partial charge in [0.15, 0.2) is 0 Å². The minimum Gasteiger partial charge on any atom is -1.00 e. The average Bonchev–Trinajstić information content (AvgIpc) is 2.65. The van der Waals surface area contributed by atoms with E-state index in [-0.39, 0.29) is 41.0 Å². The largest absolute Gasteiger partial charge is 3.00 e. The molecule has 2 N–H and O–H groups in total. The molecule has 26 heavy (non-hydrogen) atoms. The van der Waals surface area contributed by atoms with Gasteiger partial charge in [0.25, 0.3) is 0 Å². The maximum atomic E-state index is 10.7. The van der Waals surface area contributed by atoms with Crippen LogP contribution in [0.3, 0.4) is 0 Å². The third kappa shape index (κ3) is 10.9. The van der Waals surface area contributed by atoms with Crippen LogP contribution in [-0.4, -0.2) is 12.4 Å². The molecule has 2 aromatic rings. The van der Waals surface area contributed by atoms with Crippen molar-refractivity contribution >= 4 is 12.4 Å². The summed E-state index contributed by atoms with van der Waals surface area (Å²) in [6, 6.07) is 12.9. The Morgan fingerprint density at radius 3 is 1.08 bits per heavy atom. The van der Waals surface area contributed by atoms with Crippen molar-refractivity contribution < 1.29 is 39.7 Å². The van der Waals surface area contributed by atoms with Crippen LogP contribution in [0.1, 0.15) is 49.7 Å². The second-order valence-corrected chi connectivity index (χ2v) is 5.49. The minimum atomic E-state index is -0.0903. The van der Waals surface area contributed by atoms with Crippen LogP contribution < -0.4 is 22.6 Å². The Kier molecular flexibility index (Phi) is 16.9. The number of hydrogen-bond acceptors (Lipinski definition) is 4. The Bertz CT molecular complexity index is 574. The van der Waals surface area contributed by atoms with Crippen LogP contribution in [0.4, 0.5) is 0 Å². The summed E-state index contributed by atoms with van der Waals surface area (Å²) in [4.78, 5) is 0. The Labute approximate surface area is 172 Å². The van der Waals surface area contributed by atoms with Crippen molar-refractivity contribution in [3.05, 3.63) is 59.7 Å². The van der Waals surface area contributed by atoms with Gasteiger partial charge < -0.3 is 33.4 Å². The predicted molar refractivity (Wildman–Crippen MR) is 95.2 cm³/mol. The minimum absolute atomic E-state index is 0. The average molecular weight is 416 g/mol. The third-order valence-corrected chi connectivity index (χ3v) is 3.65. The standard InChI is InChI=1S/2C7H7NO.C6H12.ClH.Fe/c2*8-5-6-3-1-2-4-7(6)9;1-2-4-6-5-3-1;;/h2*1-5,8-9H;1-6H2;1H;/q;;;;+3/p-3. The van der Waals surface area contributed by atoms with Crippen LogP contribution >= 0.6 is 0 Å². The van der Waals surface area contributed by atoms with Crippen LogP contribution in [-0.2, 0) is 17.1 Å². The predicted octanol–water partition coefficient (Wildman–Crippen LogP) is 0.858. The Hall–Kier alpha value is -1.81. The van der Waals surface area contributed by atoms with E-state index in [0.717, 1.165) is 12.4 Å². The van der Waals surface area contributed by atoms with E-state index in [0.29, 0.717) is 11.1 Å². The Morgan fingerprint density at radius 1 is 0.615 bits per heavy atom. The van der Waals surface area contributed by atoms with E-state index in [9.17, 15) is 10.2 Å². The van der Waals surface area contributed by atoms with Crippen molar-refractivity contribution in [3.8, 4) is 11.5 Å². The first kappa shape index (κ1) is 26.4. The zero-order valence-electron chi connectivity index (χ0n) is 14.6. The van der Waals surface area contributed by atoms with Gasteiger partial charge in [-0.05, 0) is 11.1 Å². The fourth-order valence-corrected chi connectivity index (χ4v) is 2.26. The molecular weight excluding hydrogens is 392 g/mol. The summed E-state index contributed by atoms with van der Waals surface area (Å²) >= 11 is 0. The molecule has 0 saturated heterocycles. The molecule has 0 heterocycles. The maximum Gasteiger partial charge on any atom is 3.00 e. The molecule has 2 aromatic carbocycles. The summed E-state index contributed by atoms with van der Waals surface area (Å²) in [6.07, 6.45) is 11.1. The number of para-hydroxylation sites is 2. The molecule has 0 aliphatic heterocycles. The quantitative estimate of drug-likeness (QED) is 0.562. The van der Waals surface area contributed by atoms with Crippen molar-refractivity contribution in [2.45, 2.75) is 38.5 Å². The summed E-state index contributed by atoms with van der Waals surface area (Å²) in [5.41, 5.74) is 0.884. The van der Waals surface area contributed by atoms with E-state index in [1.54, 1.807) is 36.4 Å². The molecule has 4 nitrogen and oxygen atoms in total. The van der Waals surface area contributed by atoms with Crippen LogP contribution in [0.15, 0.2) is 48.5 Å². The molecule has 0 amide bonds. The van der Waals surface area contributed by atoms with Gasteiger partial charge >= 0.3 is 17.1 Å². The number of halogens is 1. The van der Waals surface area contributed by atoms with E-state index in [1.807, 2.05) is 0 Å². The molecule has 1 saturated carbocycles. The van der Waals surface area contributed by atoms with E-state index in [2.05, 4.69) is 0 Å². The van der Waals surface area contributed by atoms with Gasteiger partial charge in [0.1, 0.15) is 0 Å². The summed E-state index contributed by atoms with van der Waals surface area (Å²) in [7, 11) is 0. The van der Waals surface area contributed by atoms with E-state index < -0.39 is 0 Å². The van der Waals surface area contributed by atoms with Gasteiger partial charge in [0.2, 0.25) is 0 Å². The van der Waals surface area contributed by atoms with Crippen molar-refractivity contribution in [2.24, 2.45) is 0 Å². The monoisotopic (exact) mass is 415 g/mol. The second kappa shape index (κ2) is 16.6. The van der Waals surface area contributed by atoms with Crippen molar-refractivity contribution in [1.29, 1.82) is 10.8 Å². The second-order valence-electron chi connectivity index (χ2n) is 5.49. The van der Waals surface area contributed by atoms with Crippen molar-refractivity contribution in [1.82, 2.24) is 0 Å². The zero-order chi connectivity index (χ0) is 17.6. The van der Waals surface area contributed by atoms with Gasteiger partial charge in [-0.25, -0.2) is 0 Å². The molecule has 1 radical (unpaired) electrons. The fourth-order valence-electron chi connectivity index (χ4n) is 2.26. The summed E-state index contributed by atoms with van der Waals surface area (Å²) < 4.78 is 0.